The van der Waals surface area contributed by atoms with Crippen LogP contribution in [0.4, 0.5) is 4.79 Å². The van der Waals surface area contributed by atoms with E-state index in [-0.39, 0.29) is 35.8 Å². The summed E-state index contributed by atoms with van der Waals surface area (Å²) >= 11 is -0.857. The number of amides is 5. The van der Waals surface area contributed by atoms with Gasteiger partial charge < -0.3 is 4.74 Å². The molecule has 3 rings (SSSR count). The molecule has 0 aromatic heterocycles. The van der Waals surface area contributed by atoms with E-state index in [1.807, 2.05) is 27.7 Å². The molecule has 3 fully saturated rings. The second kappa shape index (κ2) is 17.1. The average molecular weight is 787 g/mol. The summed E-state index contributed by atoms with van der Waals surface area (Å²) in [5, 5.41) is 11.7. The Morgan fingerprint density at radius 3 is 2.29 bits per heavy atom. The van der Waals surface area contributed by atoms with E-state index in [0.29, 0.717) is 13.2 Å². The number of Topliss-reactive ketones (excluding diaryl/α,β-unsaturated/α-hetero) is 1. The van der Waals surface area contributed by atoms with E-state index in [9.17, 15) is 24.0 Å². The van der Waals surface area contributed by atoms with Crippen LogP contribution in [0.15, 0.2) is 12.7 Å². The minimum absolute atomic E-state index is 0.0860. The molecule has 1 heterocycles. The standard InChI is InChI=1S/C36H61IN5O6/c1-10-13-19-37-29(27(43)31(45)38-20-11-2)40-30(44)26-25-24(35(25,8)9)22-42(26)32(46)28(34(5,6)7)39-33(47)41-36(17-15-14-16-18-36)23(4)48-21-12-3/h11,23-26,28-29H,2,10,12-22H2,1,3-9H3,(H,38,45)(H,40,44)(H2,39,41,47)/q-1/t23?,24?,25?,26?,28-,29?/m1/s1. The number of rotatable bonds is 17. The number of ether oxygens (including phenoxy) is 1. The van der Waals surface area contributed by atoms with Gasteiger partial charge in [-0.3, -0.25) is 0 Å². The molecule has 5 unspecified atom stereocenters. The zero-order chi connectivity index (χ0) is 35.9. The first-order valence-corrected chi connectivity index (χ1v) is 20.6. The van der Waals surface area contributed by atoms with Crippen LogP contribution in [0.5, 0.6) is 0 Å². The summed E-state index contributed by atoms with van der Waals surface area (Å²) in [4.78, 5) is 69.8. The van der Waals surface area contributed by atoms with Crippen LogP contribution < -0.4 is 42.5 Å². The molecule has 1 aliphatic heterocycles. The minimum atomic E-state index is -0.903. The van der Waals surface area contributed by atoms with Gasteiger partial charge in [-0.1, -0.05) is 26.2 Å². The number of unbranched alkanes of at least 4 members (excludes halogenated alkanes) is 1. The molecule has 0 spiro atoms. The maximum atomic E-state index is 14.5. The summed E-state index contributed by atoms with van der Waals surface area (Å²) in [6.07, 6.45) is 8.75. The van der Waals surface area contributed by atoms with Gasteiger partial charge in [0.25, 0.3) is 0 Å². The molecule has 0 bridgehead atoms. The van der Waals surface area contributed by atoms with E-state index >= 15 is 0 Å². The van der Waals surface area contributed by atoms with Crippen LogP contribution in [-0.4, -0.2) is 86.3 Å². The Bertz CT molecular complexity index is 1180. The fraction of sp³-hybridized carbons (Fsp3) is 0.806. The van der Waals surface area contributed by atoms with Gasteiger partial charge in [0.2, 0.25) is 0 Å². The molecule has 2 aliphatic carbocycles. The van der Waals surface area contributed by atoms with Crippen LogP contribution in [0.1, 0.15) is 107 Å². The number of nitrogens with zero attached hydrogens (tertiary/aromatic N) is 1. The van der Waals surface area contributed by atoms with Crippen LogP contribution in [0.3, 0.4) is 0 Å². The third-order valence-corrected chi connectivity index (χ3v) is 13.6. The number of piperidine rings is 1. The number of alkyl halides is 2. The van der Waals surface area contributed by atoms with Crippen molar-refractivity contribution >= 4 is 29.5 Å². The maximum absolute atomic E-state index is 14.5. The number of carbonyl (C=O) groups excluding carboxylic acids is 5. The SMILES string of the molecule is C=CCNC(=O)C(=O)C(NC(=O)C1C2C(CN1C(=O)[C@@H](NC(=O)NC1(C(C)OCCC)CCCCC1)C(C)(C)C)C2(C)C)[I-]CCCC. The quantitative estimate of drug-likeness (QED) is 0.0431. The van der Waals surface area contributed by atoms with E-state index in [2.05, 4.69) is 55.5 Å². The monoisotopic (exact) mass is 786 g/mol. The van der Waals surface area contributed by atoms with E-state index < -0.39 is 71.9 Å². The zero-order valence-electron chi connectivity index (χ0n) is 30.5. The molecule has 48 heavy (non-hydrogen) atoms. The summed E-state index contributed by atoms with van der Waals surface area (Å²) in [7, 11) is 0. The first-order valence-electron chi connectivity index (χ1n) is 17.9. The molecule has 0 aromatic rings. The molecule has 12 heteroatoms. The van der Waals surface area contributed by atoms with Gasteiger partial charge in [0, 0.05) is 6.61 Å². The second-order valence-corrected chi connectivity index (χ2v) is 18.7. The normalized spacial score (nSPS) is 24.4. The van der Waals surface area contributed by atoms with Crippen molar-refractivity contribution in [3.05, 3.63) is 12.7 Å². The van der Waals surface area contributed by atoms with Crippen molar-refractivity contribution in [3.8, 4) is 0 Å². The number of ketones is 1. The third kappa shape index (κ3) is 9.51. The molecule has 2 saturated carbocycles. The van der Waals surface area contributed by atoms with Gasteiger partial charge in [-0.15, -0.1) is 0 Å². The molecular weight excluding hydrogens is 725 g/mol. The van der Waals surface area contributed by atoms with Gasteiger partial charge in [-0.05, 0) is 13.3 Å². The van der Waals surface area contributed by atoms with Crippen molar-refractivity contribution in [1.82, 2.24) is 26.2 Å². The average Bonchev–Trinajstić information content (AvgIpc) is 3.34. The molecular formula is C36H61IN5O6-. The van der Waals surface area contributed by atoms with Gasteiger partial charge >= 0.3 is 249 Å². The third-order valence-electron chi connectivity index (χ3n) is 10.5. The van der Waals surface area contributed by atoms with Crippen molar-refractivity contribution in [2.24, 2.45) is 22.7 Å². The summed E-state index contributed by atoms with van der Waals surface area (Å²) in [5.74, 6) is -2.09. The molecule has 6 atom stereocenters. The van der Waals surface area contributed by atoms with E-state index in [0.717, 1.165) is 55.8 Å². The van der Waals surface area contributed by atoms with Crippen LogP contribution in [0, 0.1) is 22.7 Å². The molecule has 0 aromatic carbocycles. The number of hydrogen-bond donors (Lipinski definition) is 4. The molecule has 4 N–H and O–H groups in total. The van der Waals surface area contributed by atoms with Crippen LogP contribution in [0.25, 0.3) is 0 Å². The molecule has 1 saturated heterocycles. The predicted molar refractivity (Wildman–Crippen MR) is 183 cm³/mol. The second-order valence-electron chi connectivity index (χ2n) is 15.4. The molecule has 11 nitrogen and oxygen atoms in total. The number of hydrogen-bond acceptors (Lipinski definition) is 6. The van der Waals surface area contributed by atoms with Gasteiger partial charge in [0.15, 0.2) is 0 Å². The first kappa shape index (κ1) is 40.2. The molecule has 5 amide bonds. The van der Waals surface area contributed by atoms with Crippen molar-refractivity contribution < 1.29 is 49.9 Å². The van der Waals surface area contributed by atoms with Gasteiger partial charge in [0.05, 0.1) is 0 Å². The summed E-state index contributed by atoms with van der Waals surface area (Å²) in [6.45, 7) is 20.8. The number of carbonyl (C=O) groups is 5. The summed E-state index contributed by atoms with van der Waals surface area (Å²) in [6, 6.07) is -2.12. The number of halogens is 1. The van der Waals surface area contributed by atoms with Crippen LogP contribution in [-0.2, 0) is 23.9 Å². The Morgan fingerprint density at radius 1 is 1.04 bits per heavy atom. The Hall–Kier alpha value is -2.22. The molecule has 0 radical (unpaired) electrons. The van der Waals surface area contributed by atoms with Crippen molar-refractivity contribution in [2.75, 3.05) is 24.1 Å². The van der Waals surface area contributed by atoms with Crippen molar-refractivity contribution in [2.45, 2.75) is 135 Å². The number of likely N-dealkylation sites (tertiary alicyclic amines) is 1. The first-order chi connectivity index (χ1) is 22.5. The Kier molecular flexibility index (Phi) is 14.4. The van der Waals surface area contributed by atoms with E-state index in [4.69, 9.17) is 4.74 Å². The fourth-order valence-electron chi connectivity index (χ4n) is 7.36. The van der Waals surface area contributed by atoms with Crippen molar-refractivity contribution in [1.29, 1.82) is 0 Å². The Balaban J connectivity index is 1.83. The predicted octanol–water partition coefficient (Wildman–Crippen LogP) is 0.904. The van der Waals surface area contributed by atoms with Gasteiger partial charge in [0.1, 0.15) is 0 Å². The Morgan fingerprint density at radius 2 is 1.71 bits per heavy atom. The Labute approximate surface area is 298 Å². The van der Waals surface area contributed by atoms with Crippen LogP contribution >= 0.6 is 0 Å². The fourth-order valence-corrected chi connectivity index (χ4v) is 10.4. The topological polar surface area (TPSA) is 146 Å². The van der Waals surface area contributed by atoms with Gasteiger partial charge in [-0.2, -0.15) is 0 Å². The van der Waals surface area contributed by atoms with Gasteiger partial charge in [-0.25, -0.2) is 0 Å². The van der Waals surface area contributed by atoms with Crippen LogP contribution in [0.2, 0.25) is 0 Å². The number of fused-ring (bicyclic) bond motifs is 1. The summed E-state index contributed by atoms with van der Waals surface area (Å²) < 4.78 is 6.00. The van der Waals surface area contributed by atoms with E-state index in [1.54, 1.807) is 4.90 Å². The zero-order valence-corrected chi connectivity index (χ0v) is 32.7. The molecule has 274 valence electrons. The molecule has 3 aliphatic rings. The van der Waals surface area contributed by atoms with E-state index in [1.165, 1.54) is 6.08 Å². The van der Waals surface area contributed by atoms with Crippen molar-refractivity contribution in [3.63, 3.8) is 0 Å². The number of nitrogens with one attached hydrogen (secondary N) is 4. The summed E-state index contributed by atoms with van der Waals surface area (Å²) in [5.41, 5.74) is -1.33. The number of urea groups is 1.